The highest BCUT2D eigenvalue weighted by molar-refractivity contribution is 5.90. The van der Waals surface area contributed by atoms with Crippen molar-refractivity contribution >= 4 is 17.8 Å². The van der Waals surface area contributed by atoms with Crippen LogP contribution in [-0.4, -0.2) is 47.5 Å². The smallest absolute Gasteiger partial charge is 0.242 e. The first-order valence-corrected chi connectivity index (χ1v) is 7.81. The number of hydrogen-bond acceptors (Lipinski definition) is 5. The van der Waals surface area contributed by atoms with Gasteiger partial charge in [-0.3, -0.25) is 9.59 Å². The molecule has 2 aliphatic rings. The zero-order chi connectivity index (χ0) is 15.4. The Kier molecular flexibility index (Phi) is 4.50. The van der Waals surface area contributed by atoms with Gasteiger partial charge in [-0.1, -0.05) is 0 Å². The van der Waals surface area contributed by atoms with E-state index in [0.717, 1.165) is 31.9 Å². The highest BCUT2D eigenvalue weighted by Gasteiger charge is 2.28. The van der Waals surface area contributed by atoms with Crippen LogP contribution in [0.4, 0.5) is 5.95 Å². The van der Waals surface area contributed by atoms with Crippen molar-refractivity contribution in [2.45, 2.75) is 31.7 Å². The molecule has 2 saturated heterocycles. The second-order valence-electron chi connectivity index (χ2n) is 5.88. The number of anilines is 1. The van der Waals surface area contributed by atoms with Crippen molar-refractivity contribution in [2.75, 3.05) is 24.5 Å². The molecule has 2 aliphatic heterocycles. The summed E-state index contributed by atoms with van der Waals surface area (Å²) < 4.78 is 0. The SMILES string of the molecule is O=C1CC[C@@H](C(=O)NCC2CCN(c3ncccn3)CC2)N1. The monoisotopic (exact) mass is 303 g/mol. The molecule has 22 heavy (non-hydrogen) atoms. The molecule has 2 amide bonds. The van der Waals surface area contributed by atoms with Crippen LogP contribution in [0.2, 0.25) is 0 Å². The van der Waals surface area contributed by atoms with Crippen molar-refractivity contribution in [1.82, 2.24) is 20.6 Å². The predicted molar refractivity (Wildman–Crippen MR) is 81.1 cm³/mol. The number of carbonyl (C=O) groups excluding carboxylic acids is 2. The maximum absolute atomic E-state index is 12.0. The molecule has 118 valence electrons. The Labute approximate surface area is 129 Å². The van der Waals surface area contributed by atoms with E-state index in [0.29, 0.717) is 25.3 Å². The summed E-state index contributed by atoms with van der Waals surface area (Å²) in [5.74, 6) is 1.16. The molecular weight excluding hydrogens is 282 g/mol. The predicted octanol–water partition coefficient (Wildman–Crippen LogP) is 0.0878. The molecule has 7 nitrogen and oxygen atoms in total. The highest BCUT2D eigenvalue weighted by Crippen LogP contribution is 2.19. The van der Waals surface area contributed by atoms with Crippen LogP contribution in [0, 0.1) is 5.92 Å². The number of piperidine rings is 1. The fraction of sp³-hybridized carbons (Fsp3) is 0.600. The molecule has 3 rings (SSSR count). The quantitative estimate of drug-likeness (QED) is 0.823. The lowest BCUT2D eigenvalue weighted by molar-refractivity contribution is -0.125. The Morgan fingerprint density at radius 3 is 2.64 bits per heavy atom. The van der Waals surface area contributed by atoms with Crippen molar-refractivity contribution in [3.63, 3.8) is 0 Å². The molecule has 1 atom stereocenters. The summed E-state index contributed by atoms with van der Waals surface area (Å²) in [4.78, 5) is 33.8. The van der Waals surface area contributed by atoms with Crippen LogP contribution < -0.4 is 15.5 Å². The molecule has 0 radical (unpaired) electrons. The van der Waals surface area contributed by atoms with E-state index in [1.165, 1.54) is 0 Å². The van der Waals surface area contributed by atoms with Crippen molar-refractivity contribution in [1.29, 1.82) is 0 Å². The minimum Gasteiger partial charge on any atom is -0.354 e. The first-order valence-electron chi connectivity index (χ1n) is 7.81. The Morgan fingerprint density at radius 2 is 2.00 bits per heavy atom. The van der Waals surface area contributed by atoms with E-state index >= 15 is 0 Å². The van der Waals surface area contributed by atoms with Crippen molar-refractivity contribution in [2.24, 2.45) is 5.92 Å². The van der Waals surface area contributed by atoms with Gasteiger partial charge in [0.15, 0.2) is 0 Å². The molecule has 0 saturated carbocycles. The van der Waals surface area contributed by atoms with E-state index in [-0.39, 0.29) is 17.9 Å². The Morgan fingerprint density at radius 1 is 1.27 bits per heavy atom. The summed E-state index contributed by atoms with van der Waals surface area (Å²) in [5.41, 5.74) is 0. The standard InChI is InChI=1S/C15H21N5O2/c21-13-3-2-12(19-13)14(22)18-10-11-4-8-20(9-5-11)15-16-6-1-7-17-15/h1,6-7,11-12H,2-5,8-10H2,(H,18,22)(H,19,21)/t12-/m0/s1. The molecule has 7 heteroatoms. The summed E-state index contributed by atoms with van der Waals surface area (Å²) in [7, 11) is 0. The maximum Gasteiger partial charge on any atom is 0.242 e. The van der Waals surface area contributed by atoms with Gasteiger partial charge < -0.3 is 15.5 Å². The average molecular weight is 303 g/mol. The van der Waals surface area contributed by atoms with E-state index in [9.17, 15) is 9.59 Å². The number of carbonyl (C=O) groups is 2. The molecule has 0 spiro atoms. The summed E-state index contributed by atoms with van der Waals surface area (Å²) >= 11 is 0. The summed E-state index contributed by atoms with van der Waals surface area (Å²) in [6.45, 7) is 2.49. The zero-order valence-electron chi connectivity index (χ0n) is 12.5. The van der Waals surface area contributed by atoms with Gasteiger partial charge in [-0.25, -0.2) is 9.97 Å². The number of rotatable bonds is 4. The first kappa shape index (κ1) is 14.7. The molecule has 0 bridgehead atoms. The number of aromatic nitrogens is 2. The summed E-state index contributed by atoms with van der Waals surface area (Å²) in [5, 5.41) is 5.66. The molecule has 1 aromatic heterocycles. The Balaban J connectivity index is 1.41. The van der Waals surface area contributed by atoms with Crippen molar-refractivity contribution in [3.8, 4) is 0 Å². The Hall–Kier alpha value is -2.18. The second-order valence-corrected chi connectivity index (χ2v) is 5.88. The van der Waals surface area contributed by atoms with Gasteiger partial charge in [0.05, 0.1) is 0 Å². The molecule has 0 aliphatic carbocycles. The Bertz CT molecular complexity index is 528. The minimum atomic E-state index is -0.342. The lowest BCUT2D eigenvalue weighted by Crippen LogP contribution is -2.45. The third-order valence-corrected chi connectivity index (χ3v) is 4.33. The molecule has 2 N–H and O–H groups in total. The van der Waals surface area contributed by atoms with Crippen LogP contribution in [0.15, 0.2) is 18.5 Å². The number of amides is 2. The first-order chi connectivity index (χ1) is 10.7. The van der Waals surface area contributed by atoms with Gasteiger partial charge in [-0.05, 0) is 31.2 Å². The molecule has 1 aromatic rings. The van der Waals surface area contributed by atoms with E-state index in [1.807, 2.05) is 6.07 Å². The third-order valence-electron chi connectivity index (χ3n) is 4.33. The van der Waals surface area contributed by atoms with Crippen molar-refractivity contribution in [3.05, 3.63) is 18.5 Å². The van der Waals surface area contributed by atoms with Gasteiger partial charge in [0.2, 0.25) is 17.8 Å². The largest absolute Gasteiger partial charge is 0.354 e. The molecule has 2 fully saturated rings. The lowest BCUT2D eigenvalue weighted by Gasteiger charge is -2.32. The molecule has 0 unspecified atom stereocenters. The third kappa shape index (κ3) is 3.52. The second kappa shape index (κ2) is 6.72. The number of hydrogen-bond donors (Lipinski definition) is 2. The van der Waals surface area contributed by atoms with Crippen LogP contribution in [0.3, 0.4) is 0 Å². The van der Waals surface area contributed by atoms with E-state index in [2.05, 4.69) is 25.5 Å². The maximum atomic E-state index is 12.0. The topological polar surface area (TPSA) is 87.2 Å². The fourth-order valence-corrected chi connectivity index (χ4v) is 2.97. The molecular formula is C15H21N5O2. The zero-order valence-corrected chi connectivity index (χ0v) is 12.5. The van der Waals surface area contributed by atoms with Crippen LogP contribution in [-0.2, 0) is 9.59 Å². The van der Waals surface area contributed by atoms with Gasteiger partial charge in [0, 0.05) is 38.4 Å². The minimum absolute atomic E-state index is 0.0312. The fourth-order valence-electron chi connectivity index (χ4n) is 2.97. The van der Waals surface area contributed by atoms with Gasteiger partial charge >= 0.3 is 0 Å². The van der Waals surface area contributed by atoms with Crippen LogP contribution >= 0.6 is 0 Å². The van der Waals surface area contributed by atoms with Gasteiger partial charge in [-0.15, -0.1) is 0 Å². The average Bonchev–Trinajstić information content (AvgIpc) is 3.00. The highest BCUT2D eigenvalue weighted by atomic mass is 16.2. The van der Waals surface area contributed by atoms with E-state index in [4.69, 9.17) is 0 Å². The van der Waals surface area contributed by atoms with Gasteiger partial charge in [-0.2, -0.15) is 0 Å². The van der Waals surface area contributed by atoms with Crippen LogP contribution in [0.1, 0.15) is 25.7 Å². The van der Waals surface area contributed by atoms with Gasteiger partial charge in [0.25, 0.3) is 0 Å². The van der Waals surface area contributed by atoms with Crippen LogP contribution in [0.5, 0.6) is 0 Å². The number of nitrogens with one attached hydrogen (secondary N) is 2. The number of nitrogens with zero attached hydrogens (tertiary/aromatic N) is 3. The van der Waals surface area contributed by atoms with Crippen molar-refractivity contribution < 1.29 is 9.59 Å². The van der Waals surface area contributed by atoms with Gasteiger partial charge in [0.1, 0.15) is 6.04 Å². The normalized spacial score (nSPS) is 22.5. The van der Waals surface area contributed by atoms with E-state index < -0.39 is 0 Å². The molecule has 0 aromatic carbocycles. The molecule has 3 heterocycles. The lowest BCUT2D eigenvalue weighted by atomic mass is 9.97. The summed E-state index contributed by atoms with van der Waals surface area (Å²) in [6.07, 6.45) is 6.59. The summed E-state index contributed by atoms with van der Waals surface area (Å²) in [6, 6.07) is 1.47. The van der Waals surface area contributed by atoms with E-state index in [1.54, 1.807) is 12.4 Å². The van der Waals surface area contributed by atoms with Crippen LogP contribution in [0.25, 0.3) is 0 Å².